The molecule has 0 aliphatic heterocycles. The maximum absolute atomic E-state index is 13.6. The van der Waals surface area contributed by atoms with E-state index in [0.29, 0.717) is 23.9 Å². The first kappa shape index (κ1) is 85.2. The van der Waals surface area contributed by atoms with Crippen LogP contribution in [0.15, 0.2) is 134 Å². The molecule has 0 saturated heterocycles. The average Bonchev–Trinajstić information content (AvgIpc) is 3.64. The van der Waals surface area contributed by atoms with Gasteiger partial charge in [0.05, 0.1) is 33.8 Å². The van der Waals surface area contributed by atoms with E-state index in [1.807, 2.05) is 33.3 Å². The fourth-order valence-electron chi connectivity index (χ4n) is 9.99. The topological polar surface area (TPSA) is 111 Å². The SMILES string of the molecule is CC/C=C\C/C=C\C/C=C\C/C=C\C/C=C\C/C=C\CCCCCCCCC(=O)OC(/C=C/CCCCCCCCCCC)C(COP(=O)(O)OCC[N+](C)(C)C)NC(=O)CCCCCCCCCCCCC/C=C\C/C=C\C/C=C\C/C=C\CCCCC. The number of ether oxygens (including phenoxy) is 1. The van der Waals surface area contributed by atoms with Gasteiger partial charge in [-0.15, -0.1) is 0 Å². The van der Waals surface area contributed by atoms with Crippen molar-refractivity contribution in [3.8, 4) is 0 Å². The first-order valence-corrected chi connectivity index (χ1v) is 38.0. The summed E-state index contributed by atoms with van der Waals surface area (Å²) in [5.74, 6) is -0.529. The number of allylic oxidation sites excluding steroid dienone is 21. The second kappa shape index (κ2) is 67.1. The van der Waals surface area contributed by atoms with Crippen molar-refractivity contribution in [1.29, 1.82) is 0 Å². The quantitative estimate of drug-likeness (QED) is 0.0205. The van der Waals surface area contributed by atoms with Crippen molar-refractivity contribution >= 4 is 19.7 Å². The maximum Gasteiger partial charge on any atom is 0.472 e. The highest BCUT2D eigenvalue weighted by Crippen LogP contribution is 2.43. The standard InChI is InChI=1S/C79H137N2O7P/c1-7-10-13-16-19-22-25-27-29-31-33-35-37-39-40-42-43-45-47-49-51-53-56-59-62-65-68-71-78(82)80-76(75-87-89(84,85)86-74-73-81(4,5)6)77(70-67-64-61-58-55-24-21-18-15-12-9-3)88-79(83)72-69-66-63-60-57-54-52-50-48-46-44-41-38-36-34-32-30-28-26-23-20-17-14-11-8-2/h11,14,19-20,22-23,27-30,33-36,39-41,44,48,50,67,70,76-77H,7-10,12-13,15-18,21,24-26,31-32,37-38,42-43,45-47,49,51-66,68-69,71-75H2,1-6H3,(H-,80,82,84,85)/p+1/b14-11-,22-19-,23-20-,29-27-,30-28-,35-33-,36-34-,40-39-,44-41-,50-48-,70-67+. The number of phosphoric acid groups is 1. The smallest absolute Gasteiger partial charge is 0.456 e. The lowest BCUT2D eigenvalue weighted by molar-refractivity contribution is -0.870. The molecule has 1 amide bonds. The van der Waals surface area contributed by atoms with Crippen molar-refractivity contribution < 1.29 is 37.3 Å². The van der Waals surface area contributed by atoms with E-state index < -0.39 is 20.0 Å². The molecule has 10 heteroatoms. The molecular formula is C79H138N2O7P+. The third-order valence-corrected chi connectivity index (χ3v) is 16.6. The Morgan fingerprint density at radius 1 is 0.404 bits per heavy atom. The summed E-state index contributed by atoms with van der Waals surface area (Å²) in [5.41, 5.74) is 0. The van der Waals surface area contributed by atoms with Crippen LogP contribution in [-0.4, -0.2) is 74.3 Å². The van der Waals surface area contributed by atoms with Gasteiger partial charge in [0.25, 0.3) is 0 Å². The number of quaternary nitrogens is 1. The fraction of sp³-hybridized carbons (Fsp3) is 0.696. The van der Waals surface area contributed by atoms with E-state index >= 15 is 0 Å². The highest BCUT2D eigenvalue weighted by Gasteiger charge is 2.30. The minimum absolute atomic E-state index is 0.0304. The van der Waals surface area contributed by atoms with Crippen LogP contribution in [-0.2, 0) is 27.9 Å². The summed E-state index contributed by atoms with van der Waals surface area (Å²) in [6.07, 6.45) is 96.1. The Balaban J connectivity index is 5.05. The first-order chi connectivity index (χ1) is 43.4. The Hall–Kier alpha value is -3.85. The molecule has 3 atom stereocenters. The van der Waals surface area contributed by atoms with Crippen LogP contribution < -0.4 is 5.32 Å². The highest BCUT2D eigenvalue weighted by molar-refractivity contribution is 7.47. The Morgan fingerprint density at radius 2 is 0.719 bits per heavy atom. The molecular weight excluding hydrogens is 1120 g/mol. The van der Waals surface area contributed by atoms with Crippen molar-refractivity contribution in [3.05, 3.63) is 134 Å². The van der Waals surface area contributed by atoms with Crippen LogP contribution in [0.25, 0.3) is 0 Å². The molecule has 0 fully saturated rings. The summed E-state index contributed by atoms with van der Waals surface area (Å²) in [6, 6.07) is -0.867. The van der Waals surface area contributed by atoms with E-state index in [-0.39, 0.29) is 31.5 Å². The van der Waals surface area contributed by atoms with Crippen molar-refractivity contribution in [2.45, 2.75) is 315 Å². The molecule has 0 rings (SSSR count). The fourth-order valence-corrected chi connectivity index (χ4v) is 10.7. The molecule has 3 unspecified atom stereocenters. The number of hydrogen-bond acceptors (Lipinski definition) is 6. The molecule has 0 spiro atoms. The molecule has 0 bridgehead atoms. The second-order valence-corrected chi connectivity index (χ2v) is 26.8. The van der Waals surface area contributed by atoms with Crippen LogP contribution in [0, 0.1) is 0 Å². The molecule has 0 aliphatic carbocycles. The van der Waals surface area contributed by atoms with Crippen LogP contribution >= 0.6 is 7.82 Å². The number of unbranched alkanes of at least 4 members (excludes halogenated alkanes) is 29. The van der Waals surface area contributed by atoms with E-state index in [4.69, 9.17) is 13.8 Å². The Morgan fingerprint density at radius 3 is 1.10 bits per heavy atom. The molecule has 0 saturated carbocycles. The number of nitrogens with zero attached hydrogens (tertiary/aromatic N) is 1. The third-order valence-electron chi connectivity index (χ3n) is 15.6. The van der Waals surface area contributed by atoms with Crippen molar-refractivity contribution in [1.82, 2.24) is 5.32 Å². The number of hydrogen-bond donors (Lipinski definition) is 2. The second-order valence-electron chi connectivity index (χ2n) is 25.4. The van der Waals surface area contributed by atoms with E-state index in [1.165, 1.54) is 122 Å². The summed E-state index contributed by atoms with van der Waals surface area (Å²) < 4.78 is 30.8. The average molecular weight is 1260 g/mol. The maximum atomic E-state index is 13.6. The first-order valence-electron chi connectivity index (χ1n) is 36.5. The van der Waals surface area contributed by atoms with Crippen LogP contribution in [0.4, 0.5) is 0 Å². The van der Waals surface area contributed by atoms with Crippen LogP contribution in [0.2, 0.25) is 0 Å². The summed E-state index contributed by atoms with van der Waals surface area (Å²) in [5, 5.41) is 3.06. The number of carbonyl (C=O) groups is 2. The van der Waals surface area contributed by atoms with Gasteiger partial charge >= 0.3 is 13.8 Å². The van der Waals surface area contributed by atoms with Crippen LogP contribution in [0.5, 0.6) is 0 Å². The van der Waals surface area contributed by atoms with Crippen LogP contribution in [0.1, 0.15) is 303 Å². The predicted octanol–water partition coefficient (Wildman–Crippen LogP) is 23.6. The van der Waals surface area contributed by atoms with Gasteiger partial charge in [-0.3, -0.25) is 18.6 Å². The van der Waals surface area contributed by atoms with Gasteiger partial charge in [0, 0.05) is 12.8 Å². The Bertz CT molecular complexity index is 1990. The summed E-state index contributed by atoms with van der Waals surface area (Å²) in [7, 11) is 1.47. The van der Waals surface area contributed by atoms with Crippen molar-refractivity contribution in [2.75, 3.05) is 40.9 Å². The molecule has 0 aromatic carbocycles. The summed E-state index contributed by atoms with van der Waals surface area (Å²) in [6.45, 7) is 6.86. The van der Waals surface area contributed by atoms with Gasteiger partial charge in [-0.05, 0) is 128 Å². The van der Waals surface area contributed by atoms with E-state index in [1.54, 1.807) is 0 Å². The van der Waals surface area contributed by atoms with Gasteiger partial charge in [-0.25, -0.2) is 4.57 Å². The molecule has 0 radical (unpaired) electrons. The number of phosphoric ester groups is 1. The zero-order chi connectivity index (χ0) is 64.9. The highest BCUT2D eigenvalue weighted by atomic mass is 31.2. The molecule has 0 aromatic heterocycles. The van der Waals surface area contributed by atoms with E-state index in [2.05, 4.69) is 148 Å². The van der Waals surface area contributed by atoms with Gasteiger partial charge in [-0.2, -0.15) is 0 Å². The van der Waals surface area contributed by atoms with Gasteiger partial charge in [0.1, 0.15) is 19.3 Å². The van der Waals surface area contributed by atoms with E-state index in [0.717, 1.165) is 141 Å². The lowest BCUT2D eigenvalue weighted by Crippen LogP contribution is -2.47. The number of amides is 1. The van der Waals surface area contributed by atoms with Crippen molar-refractivity contribution in [2.24, 2.45) is 0 Å². The van der Waals surface area contributed by atoms with Crippen LogP contribution in [0.3, 0.4) is 0 Å². The Kier molecular flexibility index (Phi) is 64.2. The number of rotatable bonds is 65. The number of esters is 1. The number of likely N-dealkylation sites (N-methyl/N-ethyl adjacent to an activating group) is 1. The molecule has 0 aromatic rings. The number of carbonyl (C=O) groups excluding carboxylic acids is 2. The lowest BCUT2D eigenvalue weighted by atomic mass is 10.0. The van der Waals surface area contributed by atoms with Gasteiger partial charge in [0.2, 0.25) is 5.91 Å². The lowest BCUT2D eigenvalue weighted by Gasteiger charge is -2.27. The van der Waals surface area contributed by atoms with Gasteiger partial charge < -0.3 is 19.4 Å². The van der Waals surface area contributed by atoms with Gasteiger partial charge in [-0.1, -0.05) is 296 Å². The predicted molar refractivity (Wildman–Crippen MR) is 387 cm³/mol. The molecule has 510 valence electrons. The third kappa shape index (κ3) is 68.4. The summed E-state index contributed by atoms with van der Waals surface area (Å²) in [4.78, 5) is 37.9. The van der Waals surface area contributed by atoms with E-state index in [9.17, 15) is 19.0 Å². The van der Waals surface area contributed by atoms with Gasteiger partial charge in [0.15, 0.2) is 0 Å². The summed E-state index contributed by atoms with van der Waals surface area (Å²) >= 11 is 0. The van der Waals surface area contributed by atoms with Crippen molar-refractivity contribution in [3.63, 3.8) is 0 Å². The number of nitrogens with one attached hydrogen (secondary N) is 1. The molecule has 0 heterocycles. The normalized spacial score (nSPS) is 14.3. The molecule has 2 N–H and O–H groups in total. The molecule has 9 nitrogen and oxygen atoms in total. The minimum atomic E-state index is -4.47. The monoisotopic (exact) mass is 1260 g/mol. The zero-order valence-corrected chi connectivity index (χ0v) is 59.3. The molecule has 0 aliphatic rings. The minimum Gasteiger partial charge on any atom is -0.456 e. The largest absolute Gasteiger partial charge is 0.472 e. The Labute approximate surface area is 549 Å². The molecule has 89 heavy (non-hydrogen) atoms. The zero-order valence-electron chi connectivity index (χ0n) is 58.4.